The Hall–Kier alpha value is -4.50. The average molecular weight is 588 g/mol. The van der Waals surface area contributed by atoms with Crippen LogP contribution in [-0.4, -0.2) is 44.3 Å². The number of carbonyl (C=O) groups is 2. The maximum Gasteiger partial charge on any atom is 0.264 e. The first-order valence-electron chi connectivity index (χ1n) is 13.7. The van der Waals surface area contributed by atoms with Crippen LogP contribution in [0.5, 0.6) is 0 Å². The molecule has 9 heteroatoms. The molecule has 0 aliphatic heterocycles. The molecule has 0 fully saturated rings. The number of sulfonamides is 1. The number of rotatable bonds is 12. The SMILES string of the molecule is CCNC(=O)[C@@H](Cc1ccccc1)N(Cc1ccc(C)cc1)C(=O)CN(c1ccccc1)S(=O)(=O)c1ccc(F)cc1. The van der Waals surface area contributed by atoms with Crippen LogP contribution in [0.2, 0.25) is 0 Å². The first-order valence-corrected chi connectivity index (χ1v) is 15.1. The minimum atomic E-state index is -4.27. The highest BCUT2D eigenvalue weighted by Gasteiger charge is 2.34. The zero-order valence-electron chi connectivity index (χ0n) is 23.6. The molecule has 0 radical (unpaired) electrons. The number of para-hydroxylation sites is 1. The van der Waals surface area contributed by atoms with E-state index in [4.69, 9.17) is 0 Å². The van der Waals surface area contributed by atoms with E-state index in [9.17, 15) is 22.4 Å². The molecule has 42 heavy (non-hydrogen) atoms. The molecule has 0 saturated heterocycles. The molecule has 0 aromatic heterocycles. The van der Waals surface area contributed by atoms with Gasteiger partial charge >= 0.3 is 0 Å². The molecular weight excluding hydrogens is 553 g/mol. The van der Waals surface area contributed by atoms with E-state index in [2.05, 4.69) is 5.32 Å². The van der Waals surface area contributed by atoms with Crippen LogP contribution in [0.25, 0.3) is 0 Å². The molecule has 218 valence electrons. The van der Waals surface area contributed by atoms with Gasteiger partial charge in [-0.05, 0) is 61.4 Å². The summed E-state index contributed by atoms with van der Waals surface area (Å²) in [6, 6.07) is 28.8. The van der Waals surface area contributed by atoms with Gasteiger partial charge in [0.1, 0.15) is 18.4 Å². The quantitative estimate of drug-likeness (QED) is 0.250. The molecule has 0 spiro atoms. The van der Waals surface area contributed by atoms with E-state index in [0.717, 1.165) is 33.1 Å². The zero-order valence-corrected chi connectivity index (χ0v) is 24.4. The molecule has 4 rings (SSSR count). The van der Waals surface area contributed by atoms with Gasteiger partial charge in [0.25, 0.3) is 10.0 Å². The maximum atomic E-state index is 14.3. The van der Waals surface area contributed by atoms with Gasteiger partial charge in [0.2, 0.25) is 11.8 Å². The third-order valence-corrected chi connectivity index (χ3v) is 8.61. The van der Waals surface area contributed by atoms with E-state index < -0.39 is 34.3 Å². The second kappa shape index (κ2) is 13.9. The van der Waals surface area contributed by atoms with Crippen molar-refractivity contribution in [1.82, 2.24) is 10.2 Å². The number of nitrogens with one attached hydrogen (secondary N) is 1. The van der Waals surface area contributed by atoms with Crippen LogP contribution in [0.3, 0.4) is 0 Å². The monoisotopic (exact) mass is 587 g/mol. The van der Waals surface area contributed by atoms with E-state index in [1.165, 1.54) is 17.0 Å². The molecule has 0 heterocycles. The smallest absolute Gasteiger partial charge is 0.264 e. The summed E-state index contributed by atoms with van der Waals surface area (Å²) in [5.74, 6) is -1.47. The number of hydrogen-bond acceptors (Lipinski definition) is 4. The first-order chi connectivity index (χ1) is 20.2. The summed E-state index contributed by atoms with van der Waals surface area (Å²) in [6.45, 7) is 3.65. The molecule has 0 aliphatic rings. The number of anilines is 1. The summed E-state index contributed by atoms with van der Waals surface area (Å²) in [5, 5.41) is 2.84. The standard InChI is InChI=1S/C33H34FN3O4S/c1-3-35-33(39)31(22-26-10-6-4-7-11-26)36(23-27-16-14-25(2)15-17-27)32(38)24-37(29-12-8-5-9-13-29)42(40,41)30-20-18-28(34)19-21-30/h4-21,31H,3,22-24H2,1-2H3,(H,35,39)/t31-/m1/s1. The van der Waals surface area contributed by atoms with Gasteiger partial charge in [-0.2, -0.15) is 0 Å². The maximum absolute atomic E-state index is 14.3. The van der Waals surface area contributed by atoms with Crippen LogP contribution in [0.1, 0.15) is 23.6 Å². The number of aryl methyl sites for hydroxylation is 1. The molecule has 0 aliphatic carbocycles. The van der Waals surface area contributed by atoms with Crippen molar-refractivity contribution < 1.29 is 22.4 Å². The van der Waals surface area contributed by atoms with Crippen molar-refractivity contribution in [2.75, 3.05) is 17.4 Å². The topological polar surface area (TPSA) is 86.8 Å². The Morgan fingerprint density at radius 3 is 2.00 bits per heavy atom. The van der Waals surface area contributed by atoms with Gasteiger partial charge in [0.15, 0.2) is 0 Å². The van der Waals surface area contributed by atoms with Crippen molar-refractivity contribution in [2.45, 2.75) is 37.8 Å². The van der Waals surface area contributed by atoms with Crippen molar-refractivity contribution in [2.24, 2.45) is 0 Å². The lowest BCUT2D eigenvalue weighted by molar-refractivity contribution is -0.140. The summed E-state index contributed by atoms with van der Waals surface area (Å²) in [7, 11) is -4.27. The van der Waals surface area contributed by atoms with Crippen molar-refractivity contribution in [1.29, 1.82) is 0 Å². The summed E-state index contributed by atoms with van der Waals surface area (Å²) >= 11 is 0. The Morgan fingerprint density at radius 2 is 1.40 bits per heavy atom. The van der Waals surface area contributed by atoms with Gasteiger partial charge in [-0.3, -0.25) is 13.9 Å². The summed E-state index contributed by atoms with van der Waals surface area (Å²) in [4.78, 5) is 29.0. The van der Waals surface area contributed by atoms with Gasteiger partial charge in [-0.1, -0.05) is 78.4 Å². The van der Waals surface area contributed by atoms with Crippen LogP contribution < -0.4 is 9.62 Å². The predicted molar refractivity (Wildman–Crippen MR) is 162 cm³/mol. The Morgan fingerprint density at radius 1 is 0.810 bits per heavy atom. The molecule has 1 atom stereocenters. The van der Waals surface area contributed by atoms with E-state index in [-0.39, 0.29) is 29.5 Å². The number of benzene rings is 4. The Balaban J connectivity index is 1.77. The average Bonchev–Trinajstić information content (AvgIpc) is 2.99. The highest BCUT2D eigenvalue weighted by atomic mass is 32.2. The van der Waals surface area contributed by atoms with Gasteiger partial charge in [0.05, 0.1) is 10.6 Å². The molecule has 1 N–H and O–H groups in total. The lowest BCUT2D eigenvalue weighted by Crippen LogP contribution is -2.53. The second-order valence-electron chi connectivity index (χ2n) is 9.91. The second-order valence-corrected chi connectivity index (χ2v) is 11.8. The number of hydrogen-bond donors (Lipinski definition) is 1. The van der Waals surface area contributed by atoms with Crippen LogP contribution in [0, 0.1) is 12.7 Å². The summed E-state index contributed by atoms with van der Waals surface area (Å²) in [6.07, 6.45) is 0.236. The normalized spacial score (nSPS) is 11.9. The van der Waals surface area contributed by atoms with E-state index in [1.54, 1.807) is 37.3 Å². The number of likely N-dealkylation sites (N-methyl/N-ethyl adjacent to an activating group) is 1. The van der Waals surface area contributed by atoms with Crippen LogP contribution >= 0.6 is 0 Å². The van der Waals surface area contributed by atoms with Gasteiger partial charge in [0, 0.05) is 19.5 Å². The molecule has 4 aromatic rings. The Labute approximate surface area is 246 Å². The van der Waals surface area contributed by atoms with Crippen molar-refractivity contribution in [3.63, 3.8) is 0 Å². The first kappa shape index (κ1) is 30.5. The molecule has 0 saturated carbocycles. The number of halogens is 1. The third kappa shape index (κ3) is 7.61. The fourth-order valence-corrected chi connectivity index (χ4v) is 6.01. The van der Waals surface area contributed by atoms with Crippen LogP contribution in [-0.2, 0) is 32.6 Å². The van der Waals surface area contributed by atoms with E-state index in [0.29, 0.717) is 6.54 Å². The lowest BCUT2D eigenvalue weighted by atomic mass is 10.0. The number of amides is 2. The Bertz CT molecular complexity index is 1580. The van der Waals surface area contributed by atoms with Gasteiger partial charge < -0.3 is 10.2 Å². The fourth-order valence-electron chi connectivity index (χ4n) is 4.59. The van der Waals surface area contributed by atoms with Gasteiger partial charge in [-0.25, -0.2) is 12.8 Å². The number of nitrogens with zero attached hydrogens (tertiary/aromatic N) is 2. The fraction of sp³-hybridized carbons (Fsp3) is 0.212. The molecule has 4 aromatic carbocycles. The molecule has 2 amide bonds. The van der Waals surface area contributed by atoms with E-state index in [1.807, 2.05) is 61.5 Å². The highest BCUT2D eigenvalue weighted by molar-refractivity contribution is 7.92. The van der Waals surface area contributed by atoms with Crippen molar-refractivity contribution in [3.8, 4) is 0 Å². The van der Waals surface area contributed by atoms with Crippen LogP contribution in [0.15, 0.2) is 114 Å². The minimum absolute atomic E-state index is 0.0903. The predicted octanol–water partition coefficient (Wildman–Crippen LogP) is 5.11. The molecule has 0 unspecified atom stereocenters. The van der Waals surface area contributed by atoms with Crippen molar-refractivity contribution >= 4 is 27.5 Å². The molecular formula is C33H34FN3O4S. The zero-order chi connectivity index (χ0) is 30.1. The highest BCUT2D eigenvalue weighted by Crippen LogP contribution is 2.25. The number of carbonyl (C=O) groups excluding carboxylic acids is 2. The molecule has 7 nitrogen and oxygen atoms in total. The summed E-state index contributed by atoms with van der Waals surface area (Å²) < 4.78 is 42.3. The van der Waals surface area contributed by atoms with Gasteiger partial charge in [-0.15, -0.1) is 0 Å². The lowest BCUT2D eigenvalue weighted by Gasteiger charge is -2.33. The largest absolute Gasteiger partial charge is 0.355 e. The van der Waals surface area contributed by atoms with Crippen molar-refractivity contribution in [3.05, 3.63) is 132 Å². The van der Waals surface area contributed by atoms with Crippen LogP contribution in [0.4, 0.5) is 10.1 Å². The molecule has 0 bridgehead atoms. The minimum Gasteiger partial charge on any atom is -0.355 e. The Kier molecular flexibility index (Phi) is 10.1. The summed E-state index contributed by atoms with van der Waals surface area (Å²) in [5.41, 5.74) is 2.96. The van der Waals surface area contributed by atoms with E-state index >= 15 is 0 Å². The third-order valence-electron chi connectivity index (χ3n) is 6.82.